The van der Waals surface area contributed by atoms with Crippen molar-refractivity contribution in [3.63, 3.8) is 0 Å². The summed E-state index contributed by atoms with van der Waals surface area (Å²) in [6.45, 7) is 10.2. The van der Waals surface area contributed by atoms with Gasteiger partial charge in [-0.2, -0.15) is 0 Å². The van der Waals surface area contributed by atoms with Crippen molar-refractivity contribution in [2.75, 3.05) is 24.5 Å². The molecule has 1 fully saturated rings. The van der Waals surface area contributed by atoms with E-state index in [1.54, 1.807) is 11.3 Å². The van der Waals surface area contributed by atoms with Crippen molar-refractivity contribution in [1.82, 2.24) is 10.3 Å². The zero-order valence-corrected chi connectivity index (χ0v) is 11.6. The molecule has 1 aromatic heterocycles. The lowest BCUT2D eigenvalue weighted by Gasteiger charge is -2.35. The van der Waals surface area contributed by atoms with Crippen LogP contribution in [0, 0.1) is 0 Å². The minimum absolute atomic E-state index is 0.292. The predicted octanol–water partition coefficient (Wildman–Crippen LogP) is 1.87. The van der Waals surface area contributed by atoms with Crippen LogP contribution in [0.1, 0.15) is 25.6 Å². The first-order chi connectivity index (χ1) is 8.19. The maximum atomic E-state index is 5.73. The highest BCUT2D eigenvalue weighted by molar-refractivity contribution is 7.15. The predicted molar refractivity (Wildman–Crippen MR) is 71.7 cm³/mol. The number of hydrogen-bond donors (Lipinski definition) is 1. The Morgan fingerprint density at radius 2 is 2.18 bits per heavy atom. The minimum Gasteiger partial charge on any atom is -0.372 e. The van der Waals surface area contributed by atoms with Gasteiger partial charge in [0.1, 0.15) is 0 Å². The number of aromatic nitrogens is 1. The van der Waals surface area contributed by atoms with E-state index < -0.39 is 0 Å². The molecule has 5 heteroatoms. The number of anilines is 1. The molecule has 0 radical (unpaired) electrons. The monoisotopic (exact) mass is 255 g/mol. The van der Waals surface area contributed by atoms with Crippen LogP contribution in [0.25, 0.3) is 0 Å². The maximum Gasteiger partial charge on any atom is 0.185 e. The fraction of sp³-hybridized carbons (Fsp3) is 0.750. The highest BCUT2D eigenvalue weighted by Gasteiger charge is 2.24. The molecule has 0 aliphatic carbocycles. The fourth-order valence-electron chi connectivity index (χ4n) is 2.11. The molecular formula is C12H21N3OS. The number of thiazole rings is 1. The Morgan fingerprint density at radius 3 is 2.82 bits per heavy atom. The SMILES string of the molecule is CCNCc1cnc(N2CC(C)OC(C)C2)s1. The number of nitrogens with zero attached hydrogens (tertiary/aromatic N) is 2. The largest absolute Gasteiger partial charge is 0.372 e. The van der Waals surface area contributed by atoms with Gasteiger partial charge in [-0.15, -0.1) is 11.3 Å². The topological polar surface area (TPSA) is 37.4 Å². The molecule has 2 rings (SSSR count). The Morgan fingerprint density at radius 1 is 1.47 bits per heavy atom. The minimum atomic E-state index is 0.292. The smallest absolute Gasteiger partial charge is 0.185 e. The van der Waals surface area contributed by atoms with Crippen molar-refractivity contribution in [1.29, 1.82) is 0 Å². The molecule has 0 spiro atoms. The van der Waals surface area contributed by atoms with Crippen LogP contribution in [0.3, 0.4) is 0 Å². The molecule has 1 aliphatic rings. The summed E-state index contributed by atoms with van der Waals surface area (Å²) < 4.78 is 5.73. The lowest BCUT2D eigenvalue weighted by Crippen LogP contribution is -2.45. The van der Waals surface area contributed by atoms with Gasteiger partial charge in [0, 0.05) is 30.7 Å². The summed E-state index contributed by atoms with van der Waals surface area (Å²) >= 11 is 1.78. The standard InChI is InChI=1S/C12H21N3OS/c1-4-13-5-11-6-14-12(17-11)15-7-9(2)16-10(3)8-15/h6,9-10,13H,4-5,7-8H2,1-3H3. The van der Waals surface area contributed by atoms with Crippen LogP contribution < -0.4 is 10.2 Å². The van der Waals surface area contributed by atoms with Gasteiger partial charge in [0.2, 0.25) is 0 Å². The highest BCUT2D eigenvalue weighted by atomic mass is 32.1. The van der Waals surface area contributed by atoms with Crippen LogP contribution in [-0.2, 0) is 11.3 Å². The molecule has 17 heavy (non-hydrogen) atoms. The summed E-state index contributed by atoms with van der Waals surface area (Å²) in [7, 11) is 0. The molecular weight excluding hydrogens is 234 g/mol. The van der Waals surface area contributed by atoms with Gasteiger partial charge in [-0.1, -0.05) is 6.92 Å². The number of hydrogen-bond acceptors (Lipinski definition) is 5. The van der Waals surface area contributed by atoms with E-state index in [1.807, 2.05) is 6.20 Å². The Hall–Kier alpha value is -0.650. The fourth-order valence-corrected chi connectivity index (χ4v) is 3.01. The van der Waals surface area contributed by atoms with Gasteiger partial charge in [-0.3, -0.25) is 0 Å². The van der Waals surface area contributed by atoms with Crippen LogP contribution in [0.15, 0.2) is 6.20 Å². The van der Waals surface area contributed by atoms with E-state index in [4.69, 9.17) is 4.74 Å². The van der Waals surface area contributed by atoms with Gasteiger partial charge in [-0.05, 0) is 20.4 Å². The Balaban J connectivity index is 1.98. The van der Waals surface area contributed by atoms with Crippen LogP contribution in [0.4, 0.5) is 5.13 Å². The summed E-state index contributed by atoms with van der Waals surface area (Å²) in [6.07, 6.45) is 2.56. The second-order valence-electron chi connectivity index (χ2n) is 4.55. The van der Waals surface area contributed by atoms with Crippen molar-refractivity contribution in [3.8, 4) is 0 Å². The lowest BCUT2D eigenvalue weighted by atomic mass is 10.2. The van der Waals surface area contributed by atoms with Crippen LogP contribution in [-0.4, -0.2) is 36.8 Å². The third-order valence-electron chi connectivity index (χ3n) is 2.78. The van der Waals surface area contributed by atoms with E-state index >= 15 is 0 Å². The summed E-state index contributed by atoms with van der Waals surface area (Å²) in [5, 5.41) is 4.45. The quantitative estimate of drug-likeness (QED) is 0.891. The highest BCUT2D eigenvalue weighted by Crippen LogP contribution is 2.25. The number of morpholine rings is 1. The van der Waals surface area contributed by atoms with Crippen LogP contribution in [0.5, 0.6) is 0 Å². The van der Waals surface area contributed by atoms with E-state index in [0.29, 0.717) is 12.2 Å². The van der Waals surface area contributed by atoms with Gasteiger partial charge in [0.05, 0.1) is 12.2 Å². The molecule has 1 aromatic rings. The molecule has 4 nitrogen and oxygen atoms in total. The van der Waals surface area contributed by atoms with Crippen molar-refractivity contribution in [2.45, 2.75) is 39.5 Å². The molecule has 1 aliphatic heterocycles. The van der Waals surface area contributed by atoms with Gasteiger partial charge in [0.25, 0.3) is 0 Å². The Bertz CT molecular complexity index is 345. The molecule has 0 bridgehead atoms. The van der Waals surface area contributed by atoms with E-state index in [1.165, 1.54) is 4.88 Å². The maximum absolute atomic E-state index is 5.73. The van der Waals surface area contributed by atoms with E-state index in [0.717, 1.165) is 31.3 Å². The molecule has 96 valence electrons. The second-order valence-corrected chi connectivity index (χ2v) is 5.65. The van der Waals surface area contributed by atoms with Gasteiger partial charge in [0.15, 0.2) is 5.13 Å². The normalized spacial score (nSPS) is 25.2. The molecule has 0 aromatic carbocycles. The average molecular weight is 255 g/mol. The van der Waals surface area contributed by atoms with Crippen molar-refractivity contribution < 1.29 is 4.74 Å². The Kier molecular flexibility index (Phi) is 4.36. The van der Waals surface area contributed by atoms with E-state index in [2.05, 4.69) is 36.0 Å². The van der Waals surface area contributed by atoms with E-state index in [9.17, 15) is 0 Å². The second kappa shape index (κ2) is 5.80. The third-order valence-corrected chi connectivity index (χ3v) is 3.84. The molecule has 0 amide bonds. The molecule has 1 saturated heterocycles. The molecule has 1 N–H and O–H groups in total. The number of nitrogens with one attached hydrogen (secondary N) is 1. The molecule has 2 heterocycles. The van der Waals surface area contributed by atoms with E-state index in [-0.39, 0.29) is 0 Å². The zero-order chi connectivity index (χ0) is 12.3. The third kappa shape index (κ3) is 3.40. The molecule has 0 saturated carbocycles. The van der Waals surface area contributed by atoms with Crippen molar-refractivity contribution >= 4 is 16.5 Å². The lowest BCUT2D eigenvalue weighted by molar-refractivity contribution is -0.00522. The van der Waals surface area contributed by atoms with Crippen LogP contribution >= 0.6 is 11.3 Å². The first-order valence-corrected chi connectivity index (χ1v) is 7.06. The molecule has 2 atom stereocenters. The van der Waals surface area contributed by atoms with Gasteiger partial charge in [-0.25, -0.2) is 4.98 Å². The van der Waals surface area contributed by atoms with Crippen molar-refractivity contribution in [2.24, 2.45) is 0 Å². The Labute approximate surface area is 107 Å². The van der Waals surface area contributed by atoms with Crippen molar-refractivity contribution in [3.05, 3.63) is 11.1 Å². The summed E-state index contributed by atoms with van der Waals surface area (Å²) in [5.74, 6) is 0. The zero-order valence-electron chi connectivity index (χ0n) is 10.8. The van der Waals surface area contributed by atoms with Crippen LogP contribution in [0.2, 0.25) is 0 Å². The summed E-state index contributed by atoms with van der Waals surface area (Å²) in [5.41, 5.74) is 0. The summed E-state index contributed by atoms with van der Waals surface area (Å²) in [4.78, 5) is 8.14. The first kappa shape index (κ1) is 12.8. The average Bonchev–Trinajstić information content (AvgIpc) is 2.73. The molecule has 2 unspecified atom stereocenters. The number of ether oxygens (including phenoxy) is 1. The van der Waals surface area contributed by atoms with Gasteiger partial charge >= 0.3 is 0 Å². The number of rotatable bonds is 4. The van der Waals surface area contributed by atoms with Gasteiger partial charge < -0.3 is 15.0 Å². The summed E-state index contributed by atoms with van der Waals surface area (Å²) in [6, 6.07) is 0. The first-order valence-electron chi connectivity index (χ1n) is 6.25.